The Morgan fingerprint density at radius 2 is 0.970 bits per heavy atom. The lowest BCUT2D eigenvalue weighted by atomic mass is 10.2. The first kappa shape index (κ1) is 22.2. The highest BCUT2D eigenvalue weighted by atomic mass is 31.2. The van der Waals surface area contributed by atoms with Gasteiger partial charge in [0.1, 0.15) is 29.0 Å². The summed E-state index contributed by atoms with van der Waals surface area (Å²) in [5.74, 6) is 0.0962. The van der Waals surface area contributed by atoms with Gasteiger partial charge >= 0.3 is 5.97 Å². The first-order valence-electron chi connectivity index (χ1n) is 10.5. The highest BCUT2D eigenvalue weighted by molar-refractivity contribution is 7.98. The number of amides is 1. The molecule has 2 N–H and O–H groups in total. The zero-order valence-electron chi connectivity index (χ0n) is 17.8. The highest BCUT2D eigenvalue weighted by Crippen LogP contribution is 2.57. The molecule has 4 nitrogen and oxygen atoms in total. The lowest BCUT2D eigenvalue weighted by Crippen LogP contribution is -2.33. The number of rotatable bonds is 7. The molecule has 5 heteroatoms. The first-order chi connectivity index (χ1) is 16.1. The molecule has 0 saturated heterocycles. The molecule has 0 bridgehead atoms. The Labute approximate surface area is 193 Å². The topological polar surface area (TPSA) is 66.4 Å². The quantitative estimate of drug-likeness (QED) is 0.324. The van der Waals surface area contributed by atoms with Crippen LogP contribution in [-0.4, -0.2) is 17.0 Å². The van der Waals surface area contributed by atoms with Crippen molar-refractivity contribution in [2.24, 2.45) is 0 Å². The van der Waals surface area contributed by atoms with E-state index in [-0.39, 0.29) is 5.70 Å². The van der Waals surface area contributed by atoms with Crippen molar-refractivity contribution >= 4 is 35.1 Å². The van der Waals surface area contributed by atoms with E-state index in [0.717, 1.165) is 15.9 Å². The largest absolute Gasteiger partial charge is 0.476 e. The van der Waals surface area contributed by atoms with E-state index < -0.39 is 19.1 Å². The van der Waals surface area contributed by atoms with E-state index in [4.69, 9.17) is 0 Å². The molecule has 162 valence electrons. The lowest BCUT2D eigenvalue weighted by Gasteiger charge is -2.24. The van der Waals surface area contributed by atoms with Crippen LogP contribution in [0.2, 0.25) is 0 Å². The van der Waals surface area contributed by atoms with Crippen LogP contribution < -0.4 is 21.2 Å². The minimum absolute atomic E-state index is 0.145. The Bertz CT molecular complexity index is 1160. The first-order valence-corrected chi connectivity index (χ1v) is 12.4. The second-order valence-electron chi connectivity index (χ2n) is 7.40. The molecule has 0 spiro atoms. The van der Waals surface area contributed by atoms with Crippen LogP contribution in [0.15, 0.2) is 133 Å². The van der Waals surface area contributed by atoms with Crippen LogP contribution in [0.3, 0.4) is 0 Å². The summed E-state index contributed by atoms with van der Waals surface area (Å²) in [7, 11) is -2.57. The summed E-state index contributed by atoms with van der Waals surface area (Å²) in [6.45, 7) is 0. The molecule has 0 unspecified atom stereocenters. The molecule has 0 aliphatic rings. The summed E-state index contributed by atoms with van der Waals surface area (Å²) < 4.78 is 0. The van der Waals surface area contributed by atoms with Crippen molar-refractivity contribution < 1.29 is 14.7 Å². The predicted octanol–water partition coefficient (Wildman–Crippen LogP) is 4.34. The van der Waals surface area contributed by atoms with Gasteiger partial charge in [-0.05, 0) is 48.5 Å². The number of nitrogens with one attached hydrogen (secondary N) is 1. The smallest absolute Gasteiger partial charge is 0.355 e. The second kappa shape index (κ2) is 10.1. The van der Waals surface area contributed by atoms with Crippen molar-refractivity contribution in [1.82, 2.24) is 5.32 Å². The van der Waals surface area contributed by atoms with Crippen LogP contribution in [0.25, 0.3) is 0 Å². The van der Waals surface area contributed by atoms with E-state index in [2.05, 4.69) is 5.32 Å². The summed E-state index contributed by atoms with van der Waals surface area (Å²) in [6, 6.07) is 38.2. The molecule has 4 aromatic rings. The minimum Gasteiger partial charge on any atom is -0.476 e. The summed E-state index contributed by atoms with van der Waals surface area (Å²) in [6.07, 6.45) is 0. The number of carbonyl (C=O) groups is 2. The van der Waals surface area contributed by atoms with Gasteiger partial charge in [-0.3, -0.25) is 4.79 Å². The number of hydrogen-bond donors (Lipinski definition) is 2. The molecule has 4 aromatic carbocycles. The normalized spacial score (nSPS) is 11.6. The Hall–Kier alpha value is -4.01. The van der Waals surface area contributed by atoms with Gasteiger partial charge < -0.3 is 10.4 Å². The van der Waals surface area contributed by atoms with E-state index in [1.165, 1.54) is 0 Å². The Morgan fingerprint density at radius 1 is 0.606 bits per heavy atom. The number of benzene rings is 4. The van der Waals surface area contributed by atoms with Gasteiger partial charge in [-0.2, -0.15) is 0 Å². The number of carboxylic acid groups (broad SMARTS) is 1. The van der Waals surface area contributed by atoms with Crippen molar-refractivity contribution in [3.8, 4) is 0 Å². The van der Waals surface area contributed by atoms with Gasteiger partial charge in [0.05, 0.1) is 0 Å². The third-order valence-corrected chi connectivity index (χ3v) is 9.31. The zero-order valence-corrected chi connectivity index (χ0v) is 18.7. The monoisotopic (exact) mass is 452 g/mol. The third kappa shape index (κ3) is 4.77. The molecule has 33 heavy (non-hydrogen) atoms. The van der Waals surface area contributed by atoms with Crippen LogP contribution in [0.1, 0.15) is 10.4 Å². The summed E-state index contributed by atoms with van der Waals surface area (Å²) in [5, 5.41) is 15.7. The van der Waals surface area contributed by atoms with Crippen molar-refractivity contribution in [3.05, 3.63) is 138 Å². The van der Waals surface area contributed by atoms with Crippen molar-refractivity contribution in [1.29, 1.82) is 0 Å². The highest BCUT2D eigenvalue weighted by Gasteiger charge is 2.45. The molecule has 0 aromatic heterocycles. The van der Waals surface area contributed by atoms with Gasteiger partial charge in [0, 0.05) is 5.56 Å². The molecule has 0 radical (unpaired) electrons. The van der Waals surface area contributed by atoms with Gasteiger partial charge in [-0.15, -0.1) is 0 Å². The molecule has 0 aliphatic heterocycles. The third-order valence-electron chi connectivity index (χ3n) is 5.33. The molecule has 0 atom stereocenters. The average Bonchev–Trinajstić information content (AvgIpc) is 2.88. The maximum Gasteiger partial charge on any atom is 0.355 e. The number of hydrogen-bond acceptors (Lipinski definition) is 2. The van der Waals surface area contributed by atoms with Crippen LogP contribution in [-0.2, 0) is 4.79 Å². The van der Waals surface area contributed by atoms with Crippen molar-refractivity contribution in [3.63, 3.8) is 0 Å². The SMILES string of the molecule is O=C(O)C(=C[P+](c1ccccc1)(c1ccccc1)c1ccccc1)NC(=O)c1ccccc1. The van der Waals surface area contributed by atoms with Crippen molar-refractivity contribution in [2.45, 2.75) is 0 Å². The molecule has 0 aliphatic carbocycles. The molecule has 0 fully saturated rings. The van der Waals surface area contributed by atoms with Crippen LogP contribution in [0.5, 0.6) is 0 Å². The van der Waals surface area contributed by atoms with E-state index >= 15 is 0 Å². The Kier molecular flexibility index (Phi) is 6.77. The fraction of sp³-hybridized carbons (Fsp3) is 0. The van der Waals surface area contributed by atoms with Gasteiger partial charge in [0.25, 0.3) is 5.91 Å². The fourth-order valence-corrected chi connectivity index (χ4v) is 7.61. The summed E-state index contributed by atoms with van der Waals surface area (Å²) in [4.78, 5) is 25.2. The van der Waals surface area contributed by atoms with Gasteiger partial charge in [-0.25, -0.2) is 4.79 Å². The Morgan fingerprint density at radius 3 is 1.33 bits per heavy atom. The van der Waals surface area contributed by atoms with Gasteiger partial charge in [0.15, 0.2) is 5.70 Å². The zero-order chi connectivity index (χ0) is 23.1. The van der Waals surface area contributed by atoms with Gasteiger partial charge in [0.2, 0.25) is 0 Å². The van der Waals surface area contributed by atoms with Crippen LogP contribution in [0, 0.1) is 0 Å². The van der Waals surface area contributed by atoms with E-state index in [1.54, 1.807) is 30.1 Å². The van der Waals surface area contributed by atoms with Crippen molar-refractivity contribution in [2.75, 3.05) is 0 Å². The fourth-order valence-electron chi connectivity index (χ4n) is 3.78. The molecular formula is C28H23NO3P+. The van der Waals surface area contributed by atoms with E-state index in [1.807, 2.05) is 97.1 Å². The van der Waals surface area contributed by atoms with E-state index in [9.17, 15) is 14.7 Å². The van der Waals surface area contributed by atoms with E-state index in [0.29, 0.717) is 5.56 Å². The average molecular weight is 452 g/mol. The second-order valence-corrected chi connectivity index (χ2v) is 10.7. The minimum atomic E-state index is -2.57. The molecular weight excluding hydrogens is 429 g/mol. The van der Waals surface area contributed by atoms with Crippen LogP contribution in [0.4, 0.5) is 0 Å². The molecule has 0 saturated carbocycles. The predicted molar refractivity (Wildman–Crippen MR) is 135 cm³/mol. The van der Waals surface area contributed by atoms with Crippen LogP contribution >= 0.6 is 7.26 Å². The standard InChI is InChI=1S/C28H22NO3P/c30-27(22-13-5-1-6-14-22)29-26(28(31)32)21-33(23-15-7-2-8-16-23,24-17-9-3-10-18-24)25-19-11-4-12-20-25/h1-21H,(H-,29,30,31,32)/p+1. The number of carboxylic acids is 1. The maximum atomic E-state index is 12.9. The molecule has 1 amide bonds. The maximum absolute atomic E-state index is 12.9. The Balaban J connectivity index is 1.96. The lowest BCUT2D eigenvalue weighted by molar-refractivity contribution is -0.133. The molecule has 0 heterocycles. The number of carbonyl (C=O) groups excluding carboxylic acids is 1. The molecule has 4 rings (SSSR count). The summed E-state index contributed by atoms with van der Waals surface area (Å²) >= 11 is 0. The van der Waals surface area contributed by atoms with Gasteiger partial charge in [-0.1, -0.05) is 72.8 Å². The number of aliphatic carboxylic acids is 1. The summed E-state index contributed by atoms with van der Waals surface area (Å²) in [5.41, 5.74) is 0.251.